The highest BCUT2D eigenvalue weighted by atomic mass is 32.1. The van der Waals surface area contributed by atoms with E-state index >= 15 is 0 Å². The van der Waals surface area contributed by atoms with Crippen LogP contribution in [0.2, 0.25) is 0 Å². The van der Waals surface area contributed by atoms with E-state index in [4.69, 9.17) is 12.2 Å². The largest absolute Gasteiger partial charge is 0.346 e. The molecule has 0 bridgehead atoms. The van der Waals surface area contributed by atoms with Crippen LogP contribution in [0.3, 0.4) is 0 Å². The maximum Gasteiger partial charge on any atom is 0.173 e. The van der Waals surface area contributed by atoms with Crippen molar-refractivity contribution in [1.29, 1.82) is 0 Å². The Morgan fingerprint density at radius 3 is 2.73 bits per heavy atom. The third-order valence-corrected chi connectivity index (χ3v) is 4.41. The number of aryl methyl sites for hydroxylation is 1. The molecule has 3 rings (SSSR count). The highest BCUT2D eigenvalue weighted by molar-refractivity contribution is 7.80. The van der Waals surface area contributed by atoms with Gasteiger partial charge in [-0.2, -0.15) is 10.2 Å². The number of nitrogens with one attached hydrogen (secondary N) is 1. The van der Waals surface area contributed by atoms with Crippen molar-refractivity contribution < 1.29 is 4.39 Å². The van der Waals surface area contributed by atoms with Crippen molar-refractivity contribution in [2.75, 3.05) is 12.4 Å². The molecule has 0 saturated heterocycles. The zero-order valence-electron chi connectivity index (χ0n) is 14.8. The smallest absolute Gasteiger partial charge is 0.173 e. The van der Waals surface area contributed by atoms with E-state index in [0.717, 1.165) is 23.5 Å². The Balaban J connectivity index is 1.57. The average Bonchev–Trinajstić information content (AvgIpc) is 3.26. The Kier molecular flexibility index (Phi) is 5.62. The van der Waals surface area contributed by atoms with Crippen LogP contribution in [0.5, 0.6) is 0 Å². The summed E-state index contributed by atoms with van der Waals surface area (Å²) in [6, 6.07) is 8.38. The second-order valence-corrected chi connectivity index (χ2v) is 6.36. The second kappa shape index (κ2) is 8.09. The van der Waals surface area contributed by atoms with E-state index in [-0.39, 0.29) is 5.82 Å². The lowest BCUT2D eigenvalue weighted by Crippen LogP contribution is -2.31. The summed E-state index contributed by atoms with van der Waals surface area (Å²) in [6.07, 6.45) is 5.39. The van der Waals surface area contributed by atoms with Gasteiger partial charge in [-0.05, 0) is 42.9 Å². The van der Waals surface area contributed by atoms with Gasteiger partial charge in [-0.3, -0.25) is 9.36 Å². The van der Waals surface area contributed by atoms with Gasteiger partial charge in [0.1, 0.15) is 5.82 Å². The van der Waals surface area contributed by atoms with Crippen LogP contribution in [-0.4, -0.2) is 36.6 Å². The summed E-state index contributed by atoms with van der Waals surface area (Å²) in [7, 11) is 1.94. The van der Waals surface area contributed by atoms with Crippen LogP contribution < -0.4 is 5.32 Å². The van der Waals surface area contributed by atoms with E-state index in [2.05, 4.69) is 22.4 Å². The number of aromatic nitrogens is 4. The maximum absolute atomic E-state index is 13.0. The molecule has 26 heavy (non-hydrogen) atoms. The van der Waals surface area contributed by atoms with E-state index in [1.165, 1.54) is 12.1 Å². The Bertz CT molecular complexity index is 870. The average molecular weight is 372 g/mol. The van der Waals surface area contributed by atoms with Crippen LogP contribution in [0.15, 0.2) is 48.9 Å². The fourth-order valence-electron chi connectivity index (χ4n) is 2.60. The molecule has 0 amide bonds. The van der Waals surface area contributed by atoms with Crippen LogP contribution in [0.1, 0.15) is 18.2 Å². The van der Waals surface area contributed by atoms with Crippen molar-refractivity contribution in [2.45, 2.75) is 26.6 Å². The number of hydrogen-bond acceptors (Lipinski definition) is 3. The molecular weight excluding hydrogens is 351 g/mol. The lowest BCUT2D eigenvalue weighted by molar-refractivity contribution is 0.471. The number of nitrogens with zero attached hydrogens (tertiary/aromatic N) is 5. The minimum Gasteiger partial charge on any atom is -0.346 e. The van der Waals surface area contributed by atoms with E-state index < -0.39 is 0 Å². The molecule has 0 aliphatic carbocycles. The zero-order chi connectivity index (χ0) is 18.5. The first-order valence-electron chi connectivity index (χ1n) is 8.35. The molecule has 6 nitrogen and oxygen atoms in total. The Hall–Kier alpha value is -2.74. The molecule has 2 aromatic heterocycles. The summed E-state index contributed by atoms with van der Waals surface area (Å²) in [5, 5.41) is 12.4. The zero-order valence-corrected chi connectivity index (χ0v) is 15.6. The Morgan fingerprint density at radius 2 is 2.00 bits per heavy atom. The molecule has 0 spiro atoms. The molecule has 8 heteroatoms. The van der Waals surface area contributed by atoms with Crippen molar-refractivity contribution in [3.63, 3.8) is 0 Å². The Labute approximate surface area is 157 Å². The molecule has 0 saturated carbocycles. The summed E-state index contributed by atoms with van der Waals surface area (Å²) in [6.45, 7) is 4.12. The van der Waals surface area contributed by atoms with Gasteiger partial charge < -0.3 is 10.2 Å². The molecule has 0 radical (unpaired) electrons. The normalized spacial score (nSPS) is 10.7. The summed E-state index contributed by atoms with van der Waals surface area (Å²) >= 11 is 5.47. The van der Waals surface area contributed by atoms with Crippen LogP contribution in [0, 0.1) is 5.82 Å². The van der Waals surface area contributed by atoms with Gasteiger partial charge in [0.05, 0.1) is 30.7 Å². The summed E-state index contributed by atoms with van der Waals surface area (Å²) in [5.74, 6) is -0.241. The molecule has 2 heterocycles. The first kappa shape index (κ1) is 18.1. The van der Waals surface area contributed by atoms with Gasteiger partial charge in [0.15, 0.2) is 5.11 Å². The van der Waals surface area contributed by atoms with Crippen LogP contribution in [0.25, 0.3) is 0 Å². The first-order chi connectivity index (χ1) is 12.5. The Morgan fingerprint density at radius 1 is 1.23 bits per heavy atom. The van der Waals surface area contributed by atoms with Gasteiger partial charge in [-0.1, -0.05) is 12.1 Å². The minimum atomic E-state index is -0.241. The van der Waals surface area contributed by atoms with E-state index in [1.54, 1.807) is 29.2 Å². The minimum absolute atomic E-state index is 0.241. The topological polar surface area (TPSA) is 50.9 Å². The molecule has 1 aromatic carbocycles. The van der Waals surface area contributed by atoms with Crippen molar-refractivity contribution in [3.8, 4) is 0 Å². The predicted molar refractivity (Wildman–Crippen MR) is 103 cm³/mol. The van der Waals surface area contributed by atoms with Crippen LogP contribution in [0.4, 0.5) is 10.1 Å². The molecule has 0 fully saturated rings. The summed E-state index contributed by atoms with van der Waals surface area (Å²) in [4.78, 5) is 1.95. The number of benzene rings is 1. The molecule has 3 aromatic rings. The predicted octanol–water partition coefficient (Wildman–Crippen LogP) is 3.12. The molecular formula is C18H21FN6S. The highest BCUT2D eigenvalue weighted by Crippen LogP contribution is 2.11. The standard InChI is InChI=1S/C18H21FN6S/c1-3-25-17(8-9-20-25)13-23(2)18(26)22-16-10-21-24(12-16)11-14-4-6-15(19)7-5-14/h4-10,12H,3,11,13H2,1-2H3,(H,22,26). The number of thiocarbonyl (C=S) groups is 1. The van der Waals surface area contributed by atoms with Gasteiger partial charge >= 0.3 is 0 Å². The summed E-state index contributed by atoms with van der Waals surface area (Å²) in [5.41, 5.74) is 2.90. The number of hydrogen-bond donors (Lipinski definition) is 1. The van der Waals surface area contributed by atoms with Gasteiger partial charge in [-0.25, -0.2) is 4.39 Å². The van der Waals surface area contributed by atoms with Gasteiger partial charge in [0.25, 0.3) is 0 Å². The maximum atomic E-state index is 13.0. The first-order valence-corrected chi connectivity index (χ1v) is 8.75. The number of rotatable bonds is 6. The lowest BCUT2D eigenvalue weighted by Gasteiger charge is -2.20. The van der Waals surface area contributed by atoms with Gasteiger partial charge in [-0.15, -0.1) is 0 Å². The van der Waals surface area contributed by atoms with E-state index in [1.807, 2.05) is 28.9 Å². The highest BCUT2D eigenvalue weighted by Gasteiger charge is 2.10. The van der Waals surface area contributed by atoms with E-state index in [0.29, 0.717) is 18.2 Å². The molecule has 0 aliphatic heterocycles. The molecule has 0 unspecified atom stereocenters. The SMILES string of the molecule is CCn1nccc1CN(C)C(=S)Nc1cnn(Cc2ccc(F)cc2)c1. The van der Waals surface area contributed by atoms with Crippen molar-refractivity contribution >= 4 is 23.0 Å². The van der Waals surface area contributed by atoms with Gasteiger partial charge in [0, 0.05) is 26.0 Å². The summed E-state index contributed by atoms with van der Waals surface area (Å²) < 4.78 is 16.7. The van der Waals surface area contributed by atoms with Crippen molar-refractivity contribution in [2.24, 2.45) is 0 Å². The van der Waals surface area contributed by atoms with Crippen LogP contribution >= 0.6 is 12.2 Å². The third-order valence-electron chi connectivity index (χ3n) is 3.99. The van der Waals surface area contributed by atoms with Crippen molar-refractivity contribution in [3.05, 3.63) is 66.0 Å². The third kappa shape index (κ3) is 4.45. The lowest BCUT2D eigenvalue weighted by atomic mass is 10.2. The molecule has 136 valence electrons. The number of anilines is 1. The number of halogens is 1. The molecule has 0 atom stereocenters. The van der Waals surface area contributed by atoms with Crippen LogP contribution in [-0.2, 0) is 19.6 Å². The van der Waals surface area contributed by atoms with E-state index in [9.17, 15) is 4.39 Å². The molecule has 0 aliphatic rings. The van der Waals surface area contributed by atoms with Crippen molar-refractivity contribution in [1.82, 2.24) is 24.5 Å². The second-order valence-electron chi connectivity index (χ2n) is 5.98. The van der Waals surface area contributed by atoms with Gasteiger partial charge in [0.2, 0.25) is 0 Å². The monoisotopic (exact) mass is 372 g/mol. The fraction of sp³-hybridized carbons (Fsp3) is 0.278. The quantitative estimate of drug-likeness (QED) is 0.674. The molecule has 1 N–H and O–H groups in total. The fourth-order valence-corrected chi connectivity index (χ4v) is 2.79.